The second kappa shape index (κ2) is 3.98. The van der Waals surface area contributed by atoms with Crippen molar-refractivity contribution in [3.63, 3.8) is 0 Å². The first-order valence-electron chi connectivity index (χ1n) is 4.96. The smallest absolute Gasteiger partial charge is 0.317 e. The first kappa shape index (κ1) is 10.1. The van der Waals surface area contributed by atoms with Gasteiger partial charge in [-0.1, -0.05) is 5.21 Å². The molecular weight excluding hydrogens is 196 g/mol. The lowest BCUT2D eigenvalue weighted by Gasteiger charge is -2.17. The summed E-state index contributed by atoms with van der Waals surface area (Å²) < 4.78 is 1.63. The van der Waals surface area contributed by atoms with Crippen LogP contribution in [0.25, 0.3) is 0 Å². The molecule has 1 aliphatic rings. The van der Waals surface area contributed by atoms with Crippen molar-refractivity contribution in [3.8, 4) is 0 Å². The first-order valence-corrected chi connectivity index (χ1v) is 4.96. The Morgan fingerprint density at radius 1 is 1.73 bits per heavy atom. The molecule has 6 nitrogen and oxygen atoms in total. The lowest BCUT2D eigenvalue weighted by Crippen LogP contribution is -2.31. The average molecular weight is 210 g/mol. The van der Waals surface area contributed by atoms with Gasteiger partial charge in [0.2, 0.25) is 0 Å². The summed E-state index contributed by atoms with van der Waals surface area (Å²) in [6, 6.07) is 0.420. The molecule has 1 aliphatic carbocycles. The minimum Gasteiger partial charge on any atom is -0.480 e. The summed E-state index contributed by atoms with van der Waals surface area (Å²) >= 11 is 0. The maximum Gasteiger partial charge on any atom is 0.317 e. The lowest BCUT2D eigenvalue weighted by molar-refractivity contribution is -0.138. The van der Waals surface area contributed by atoms with Crippen LogP contribution in [0.15, 0.2) is 6.20 Å². The van der Waals surface area contributed by atoms with E-state index in [2.05, 4.69) is 10.3 Å². The predicted molar refractivity (Wildman–Crippen MR) is 52.1 cm³/mol. The Hall–Kier alpha value is -1.43. The Balaban J connectivity index is 1.96. The van der Waals surface area contributed by atoms with Crippen molar-refractivity contribution in [2.75, 3.05) is 6.54 Å². The molecule has 2 rings (SSSR count). The van der Waals surface area contributed by atoms with Crippen LogP contribution >= 0.6 is 0 Å². The summed E-state index contributed by atoms with van der Waals surface area (Å²) in [6.45, 7) is 0.659. The van der Waals surface area contributed by atoms with Crippen molar-refractivity contribution < 1.29 is 9.90 Å². The standard InChI is InChI=1S/C9H14N4O2/c1-12-4-7(10-11-12)5-13(6-9(14)15)8-2-3-8/h4,8H,2-3,5-6H2,1H3,(H,14,15). The van der Waals surface area contributed by atoms with Crippen molar-refractivity contribution in [2.24, 2.45) is 7.05 Å². The monoisotopic (exact) mass is 210 g/mol. The van der Waals surface area contributed by atoms with E-state index in [0.29, 0.717) is 12.6 Å². The summed E-state index contributed by atoms with van der Waals surface area (Å²) in [6.07, 6.45) is 4.00. The maximum absolute atomic E-state index is 10.7. The van der Waals surface area contributed by atoms with Crippen molar-refractivity contribution in [2.45, 2.75) is 25.4 Å². The molecule has 0 atom stereocenters. The molecule has 1 N–H and O–H groups in total. The number of aromatic nitrogens is 3. The summed E-state index contributed by atoms with van der Waals surface area (Å²) in [4.78, 5) is 12.6. The second-order valence-corrected chi connectivity index (χ2v) is 3.91. The molecule has 1 saturated carbocycles. The Morgan fingerprint density at radius 3 is 2.93 bits per heavy atom. The van der Waals surface area contributed by atoms with Crippen LogP contribution in [0, 0.1) is 0 Å². The fourth-order valence-electron chi connectivity index (χ4n) is 1.60. The van der Waals surface area contributed by atoms with Crippen LogP contribution in [0.5, 0.6) is 0 Å². The fraction of sp³-hybridized carbons (Fsp3) is 0.667. The van der Waals surface area contributed by atoms with Crippen LogP contribution in [0.2, 0.25) is 0 Å². The number of rotatable bonds is 5. The highest BCUT2D eigenvalue weighted by Crippen LogP contribution is 2.27. The number of nitrogens with zero attached hydrogens (tertiary/aromatic N) is 4. The van der Waals surface area contributed by atoms with Gasteiger partial charge in [-0.05, 0) is 12.8 Å². The molecule has 1 fully saturated rings. The summed E-state index contributed by atoms with van der Waals surface area (Å²) in [5, 5.41) is 16.5. The van der Waals surface area contributed by atoms with Crippen LogP contribution in [0.3, 0.4) is 0 Å². The largest absolute Gasteiger partial charge is 0.480 e. The van der Waals surface area contributed by atoms with E-state index in [1.54, 1.807) is 11.7 Å². The van der Waals surface area contributed by atoms with Gasteiger partial charge < -0.3 is 5.11 Å². The number of hydrogen-bond donors (Lipinski definition) is 1. The second-order valence-electron chi connectivity index (χ2n) is 3.91. The van der Waals surface area contributed by atoms with Crippen molar-refractivity contribution in [1.82, 2.24) is 19.9 Å². The Kier molecular flexibility index (Phi) is 2.68. The number of carboxylic acid groups (broad SMARTS) is 1. The number of aryl methyl sites for hydroxylation is 1. The summed E-state index contributed by atoms with van der Waals surface area (Å²) in [5.74, 6) is -0.786. The first-order chi connectivity index (χ1) is 7.15. The van der Waals surface area contributed by atoms with Gasteiger partial charge in [-0.25, -0.2) is 0 Å². The van der Waals surface area contributed by atoms with E-state index in [1.807, 2.05) is 11.1 Å². The molecule has 0 spiro atoms. The molecule has 0 saturated heterocycles. The molecule has 0 unspecified atom stereocenters. The molecule has 6 heteroatoms. The minimum atomic E-state index is -0.786. The molecule has 1 aromatic rings. The van der Waals surface area contributed by atoms with Gasteiger partial charge in [0, 0.05) is 25.8 Å². The zero-order valence-electron chi connectivity index (χ0n) is 8.63. The van der Waals surface area contributed by atoms with Gasteiger partial charge in [0.05, 0.1) is 12.2 Å². The lowest BCUT2D eigenvalue weighted by atomic mass is 10.4. The van der Waals surface area contributed by atoms with Crippen LogP contribution in [-0.4, -0.2) is 43.6 Å². The molecule has 0 aromatic carbocycles. The van der Waals surface area contributed by atoms with Gasteiger partial charge in [0.15, 0.2) is 0 Å². The zero-order valence-corrected chi connectivity index (χ0v) is 8.63. The third-order valence-corrected chi connectivity index (χ3v) is 2.42. The number of hydrogen-bond acceptors (Lipinski definition) is 4. The van der Waals surface area contributed by atoms with Crippen LogP contribution in [0.4, 0.5) is 0 Å². The van der Waals surface area contributed by atoms with Gasteiger partial charge in [-0.3, -0.25) is 14.4 Å². The minimum absolute atomic E-state index is 0.0846. The van der Waals surface area contributed by atoms with Gasteiger partial charge in [-0.15, -0.1) is 5.10 Å². The van der Waals surface area contributed by atoms with Crippen LogP contribution in [-0.2, 0) is 18.4 Å². The molecule has 82 valence electrons. The van der Waals surface area contributed by atoms with Crippen molar-refractivity contribution in [3.05, 3.63) is 11.9 Å². The van der Waals surface area contributed by atoms with Gasteiger partial charge in [0.25, 0.3) is 0 Å². The normalized spacial score (nSPS) is 15.9. The maximum atomic E-state index is 10.7. The van der Waals surface area contributed by atoms with Crippen molar-refractivity contribution >= 4 is 5.97 Å². The molecule has 15 heavy (non-hydrogen) atoms. The quantitative estimate of drug-likeness (QED) is 0.732. The average Bonchev–Trinajstić information content (AvgIpc) is 2.90. The third-order valence-electron chi connectivity index (χ3n) is 2.42. The zero-order chi connectivity index (χ0) is 10.8. The molecule has 1 aromatic heterocycles. The topological polar surface area (TPSA) is 71.2 Å². The number of aliphatic carboxylic acids is 1. The van der Waals surface area contributed by atoms with E-state index in [4.69, 9.17) is 5.11 Å². The van der Waals surface area contributed by atoms with Crippen LogP contribution in [0.1, 0.15) is 18.5 Å². The van der Waals surface area contributed by atoms with Crippen LogP contribution < -0.4 is 0 Å². The Bertz CT molecular complexity index is 359. The highest BCUT2D eigenvalue weighted by molar-refractivity contribution is 5.69. The Morgan fingerprint density at radius 2 is 2.47 bits per heavy atom. The van der Waals surface area contributed by atoms with E-state index in [-0.39, 0.29) is 6.54 Å². The van der Waals surface area contributed by atoms with Gasteiger partial charge >= 0.3 is 5.97 Å². The van der Waals surface area contributed by atoms with Gasteiger partial charge in [0.1, 0.15) is 0 Å². The third kappa shape index (κ3) is 2.76. The summed E-state index contributed by atoms with van der Waals surface area (Å²) in [5.41, 5.74) is 0.825. The molecular formula is C9H14N4O2. The molecule has 1 heterocycles. The van der Waals surface area contributed by atoms with E-state index < -0.39 is 5.97 Å². The summed E-state index contributed by atoms with van der Waals surface area (Å²) in [7, 11) is 1.80. The molecule has 0 radical (unpaired) electrons. The van der Waals surface area contributed by atoms with E-state index in [0.717, 1.165) is 18.5 Å². The van der Waals surface area contributed by atoms with E-state index >= 15 is 0 Å². The fourth-order valence-corrected chi connectivity index (χ4v) is 1.60. The molecule has 0 bridgehead atoms. The van der Waals surface area contributed by atoms with E-state index in [9.17, 15) is 4.79 Å². The number of carboxylic acids is 1. The predicted octanol–water partition coefficient (Wildman–Crippen LogP) is -0.136. The Labute approximate surface area is 87.5 Å². The number of carbonyl (C=O) groups is 1. The SMILES string of the molecule is Cn1cc(CN(CC(=O)O)C2CC2)nn1. The highest BCUT2D eigenvalue weighted by Gasteiger charge is 2.30. The van der Waals surface area contributed by atoms with Gasteiger partial charge in [-0.2, -0.15) is 0 Å². The van der Waals surface area contributed by atoms with Crippen molar-refractivity contribution in [1.29, 1.82) is 0 Å². The van der Waals surface area contributed by atoms with E-state index in [1.165, 1.54) is 0 Å². The molecule has 0 aliphatic heterocycles. The highest BCUT2D eigenvalue weighted by atomic mass is 16.4. The molecule has 0 amide bonds.